The maximum absolute atomic E-state index is 9.87. The smallest absolute Gasteiger partial charge is 0.179 e. The van der Waals surface area contributed by atoms with Gasteiger partial charge < -0.3 is 14.6 Å². The van der Waals surface area contributed by atoms with Crippen LogP contribution in [0.1, 0.15) is 40.0 Å². The second-order valence-electron chi connectivity index (χ2n) is 6.92. The third kappa shape index (κ3) is 2.11. The topological polar surface area (TPSA) is 38.7 Å². The molecule has 4 heteroatoms. The van der Waals surface area contributed by atoms with Gasteiger partial charge in [-0.1, -0.05) is 35.9 Å². The summed E-state index contributed by atoms with van der Waals surface area (Å²) in [4.78, 5) is 0.527. The fourth-order valence-corrected chi connectivity index (χ4v) is 4.65. The van der Waals surface area contributed by atoms with Crippen LogP contribution in [0, 0.1) is 11.3 Å². The first-order valence-corrected chi connectivity index (χ1v) is 8.07. The van der Waals surface area contributed by atoms with Crippen LogP contribution in [-0.2, 0) is 9.47 Å². The van der Waals surface area contributed by atoms with E-state index in [1.807, 2.05) is 0 Å². The number of ether oxygens (including phenoxy) is 2. The van der Waals surface area contributed by atoms with Crippen molar-refractivity contribution in [2.24, 2.45) is 11.3 Å². The summed E-state index contributed by atoms with van der Waals surface area (Å²) in [5.41, 5.74) is 0.996. The standard InChI is InChI=1S/C15H23BrO3/c1-14(2)11-5-4-9-10(8-18-13(9)17)19-15(11,3)7-6-12(14)16/h4,10-13,17H,5-8H2,1-3H3/t10-,11-,12-,13-,15-/m0/s1. The summed E-state index contributed by atoms with van der Waals surface area (Å²) >= 11 is 3.84. The molecule has 3 nitrogen and oxygen atoms in total. The fourth-order valence-electron chi connectivity index (χ4n) is 4.10. The van der Waals surface area contributed by atoms with E-state index in [0.29, 0.717) is 17.4 Å². The minimum atomic E-state index is -0.767. The molecule has 0 spiro atoms. The van der Waals surface area contributed by atoms with E-state index < -0.39 is 6.29 Å². The molecule has 0 aromatic heterocycles. The molecule has 2 fully saturated rings. The van der Waals surface area contributed by atoms with Crippen LogP contribution in [0.3, 0.4) is 0 Å². The molecule has 0 amide bonds. The van der Waals surface area contributed by atoms with Crippen LogP contribution < -0.4 is 0 Å². The van der Waals surface area contributed by atoms with Gasteiger partial charge in [0.2, 0.25) is 0 Å². The molecule has 3 aliphatic rings. The second kappa shape index (κ2) is 4.55. The van der Waals surface area contributed by atoms with E-state index in [2.05, 4.69) is 42.8 Å². The van der Waals surface area contributed by atoms with Crippen LogP contribution in [0.4, 0.5) is 0 Å². The molecule has 1 saturated heterocycles. The average Bonchev–Trinajstić information content (AvgIpc) is 2.58. The van der Waals surface area contributed by atoms with Gasteiger partial charge in [-0.2, -0.15) is 0 Å². The number of aliphatic hydroxyl groups is 1. The molecule has 19 heavy (non-hydrogen) atoms. The van der Waals surface area contributed by atoms with Crippen molar-refractivity contribution in [2.75, 3.05) is 6.61 Å². The molecule has 2 heterocycles. The highest BCUT2D eigenvalue weighted by molar-refractivity contribution is 9.09. The molecule has 0 radical (unpaired) electrons. The lowest BCUT2D eigenvalue weighted by molar-refractivity contribution is -0.152. The van der Waals surface area contributed by atoms with Crippen LogP contribution in [-0.4, -0.2) is 34.5 Å². The first-order chi connectivity index (χ1) is 8.84. The molecule has 0 bridgehead atoms. The highest BCUT2D eigenvalue weighted by atomic mass is 79.9. The maximum Gasteiger partial charge on any atom is 0.179 e. The van der Waals surface area contributed by atoms with Gasteiger partial charge in [0.25, 0.3) is 0 Å². The molecule has 2 aliphatic heterocycles. The zero-order valence-electron chi connectivity index (χ0n) is 11.9. The lowest BCUT2D eigenvalue weighted by Gasteiger charge is -2.52. The first-order valence-electron chi connectivity index (χ1n) is 7.16. The molecule has 1 N–H and O–H groups in total. The van der Waals surface area contributed by atoms with Crippen molar-refractivity contribution in [3.63, 3.8) is 0 Å². The first kappa shape index (κ1) is 14.1. The summed E-state index contributed by atoms with van der Waals surface area (Å²) in [5.74, 6) is 0.462. The number of fused-ring (bicyclic) bond motifs is 2. The second-order valence-corrected chi connectivity index (χ2v) is 8.03. The SMILES string of the molecule is CC1(C)[C@@H](Br)CC[C@]2(C)O[C@H]3CO[C@H](O)C3=CC[C@@H]12. The van der Waals surface area contributed by atoms with Gasteiger partial charge >= 0.3 is 0 Å². The third-order valence-corrected chi connectivity index (χ3v) is 7.04. The van der Waals surface area contributed by atoms with E-state index >= 15 is 0 Å². The average molecular weight is 331 g/mol. The van der Waals surface area contributed by atoms with Crippen LogP contribution in [0.2, 0.25) is 0 Å². The molecular formula is C15H23BrO3. The highest BCUT2D eigenvalue weighted by Crippen LogP contribution is 2.54. The molecule has 108 valence electrons. The Balaban J connectivity index is 1.95. The van der Waals surface area contributed by atoms with Gasteiger partial charge in [-0.05, 0) is 37.5 Å². The predicted molar refractivity (Wildman–Crippen MR) is 77.2 cm³/mol. The van der Waals surface area contributed by atoms with E-state index in [1.165, 1.54) is 0 Å². The van der Waals surface area contributed by atoms with Crippen molar-refractivity contribution in [2.45, 2.75) is 62.9 Å². The molecule has 3 rings (SSSR count). The Hall–Kier alpha value is 0.100. The summed E-state index contributed by atoms with van der Waals surface area (Å²) < 4.78 is 11.7. The van der Waals surface area contributed by atoms with Crippen molar-refractivity contribution >= 4 is 15.9 Å². The van der Waals surface area contributed by atoms with E-state index in [1.54, 1.807) is 0 Å². The van der Waals surface area contributed by atoms with Crippen LogP contribution in [0.25, 0.3) is 0 Å². The Kier molecular flexibility index (Phi) is 3.37. The van der Waals surface area contributed by atoms with E-state index in [-0.39, 0.29) is 17.1 Å². The quantitative estimate of drug-likeness (QED) is 0.548. The fraction of sp³-hybridized carbons (Fsp3) is 0.867. The van der Waals surface area contributed by atoms with Gasteiger partial charge in [-0.15, -0.1) is 0 Å². The lowest BCUT2D eigenvalue weighted by atomic mass is 9.60. The number of allylic oxidation sites excluding steroid dienone is 1. The number of alkyl halides is 1. The number of aliphatic hydroxyl groups excluding tert-OH is 1. The molecule has 1 aliphatic carbocycles. The highest BCUT2D eigenvalue weighted by Gasteiger charge is 2.53. The number of hydrogen-bond donors (Lipinski definition) is 1. The van der Waals surface area contributed by atoms with E-state index in [9.17, 15) is 5.11 Å². The Morgan fingerprint density at radius 3 is 2.84 bits per heavy atom. The number of rotatable bonds is 0. The Bertz CT molecular complexity index is 406. The summed E-state index contributed by atoms with van der Waals surface area (Å²) in [6, 6.07) is 0. The molecule has 0 unspecified atom stereocenters. The summed E-state index contributed by atoms with van der Waals surface area (Å²) in [6.07, 6.45) is 4.48. The number of hydrogen-bond acceptors (Lipinski definition) is 3. The molecule has 0 aromatic carbocycles. The third-order valence-electron chi connectivity index (χ3n) is 5.40. The van der Waals surface area contributed by atoms with Crippen molar-refractivity contribution in [1.82, 2.24) is 0 Å². The van der Waals surface area contributed by atoms with E-state index in [4.69, 9.17) is 9.47 Å². The summed E-state index contributed by atoms with van der Waals surface area (Å²) in [7, 11) is 0. The minimum absolute atomic E-state index is 0.0623. The van der Waals surface area contributed by atoms with Crippen molar-refractivity contribution in [1.29, 1.82) is 0 Å². The van der Waals surface area contributed by atoms with Crippen LogP contribution in [0.15, 0.2) is 11.6 Å². The van der Waals surface area contributed by atoms with Gasteiger partial charge in [0.15, 0.2) is 6.29 Å². The molecule has 5 atom stereocenters. The Labute approximate surface area is 123 Å². The van der Waals surface area contributed by atoms with Gasteiger partial charge in [-0.25, -0.2) is 0 Å². The molecule has 0 aromatic rings. The summed E-state index contributed by atoms with van der Waals surface area (Å²) in [6.45, 7) is 7.36. The van der Waals surface area contributed by atoms with Crippen molar-refractivity contribution in [3.05, 3.63) is 11.6 Å². The minimum Gasteiger partial charge on any atom is -0.365 e. The Morgan fingerprint density at radius 2 is 2.11 bits per heavy atom. The molecule has 1 saturated carbocycles. The monoisotopic (exact) mass is 330 g/mol. The summed E-state index contributed by atoms with van der Waals surface area (Å²) in [5, 5.41) is 9.87. The van der Waals surface area contributed by atoms with Gasteiger partial charge in [0.1, 0.15) is 6.10 Å². The van der Waals surface area contributed by atoms with Crippen LogP contribution >= 0.6 is 15.9 Å². The van der Waals surface area contributed by atoms with Crippen molar-refractivity contribution in [3.8, 4) is 0 Å². The van der Waals surface area contributed by atoms with Crippen LogP contribution in [0.5, 0.6) is 0 Å². The molecular weight excluding hydrogens is 308 g/mol. The van der Waals surface area contributed by atoms with Gasteiger partial charge in [0.05, 0.1) is 12.2 Å². The largest absolute Gasteiger partial charge is 0.365 e. The number of halogens is 1. The van der Waals surface area contributed by atoms with Gasteiger partial charge in [-0.3, -0.25) is 0 Å². The zero-order valence-corrected chi connectivity index (χ0v) is 13.4. The van der Waals surface area contributed by atoms with E-state index in [0.717, 1.165) is 24.8 Å². The van der Waals surface area contributed by atoms with Crippen molar-refractivity contribution < 1.29 is 14.6 Å². The van der Waals surface area contributed by atoms with Gasteiger partial charge in [0, 0.05) is 10.4 Å². The Morgan fingerprint density at radius 1 is 1.37 bits per heavy atom. The zero-order chi connectivity index (χ0) is 13.8. The predicted octanol–water partition coefficient (Wildman–Crippen LogP) is 3.01. The normalized spacial score (nSPS) is 49.0. The maximum atomic E-state index is 9.87. The lowest BCUT2D eigenvalue weighted by Crippen LogP contribution is -2.53.